The van der Waals surface area contributed by atoms with E-state index in [0.717, 1.165) is 36.2 Å². The van der Waals surface area contributed by atoms with Crippen molar-refractivity contribution < 1.29 is 9.59 Å². The van der Waals surface area contributed by atoms with Gasteiger partial charge in [0.05, 0.1) is 12.2 Å². The number of carbonyl (C=O) groups is 2. The van der Waals surface area contributed by atoms with Crippen molar-refractivity contribution in [2.24, 2.45) is 5.92 Å². The first-order valence-electron chi connectivity index (χ1n) is 10.9. The molecule has 5 nitrogen and oxygen atoms in total. The zero-order chi connectivity index (χ0) is 21.8. The van der Waals surface area contributed by atoms with Crippen LogP contribution in [0.25, 0.3) is 0 Å². The van der Waals surface area contributed by atoms with Crippen molar-refractivity contribution in [1.82, 2.24) is 9.78 Å². The maximum Gasteiger partial charge on any atom is 0.230 e. The number of amides is 1. The van der Waals surface area contributed by atoms with Crippen LogP contribution in [-0.4, -0.2) is 28.5 Å². The van der Waals surface area contributed by atoms with Gasteiger partial charge >= 0.3 is 0 Å². The van der Waals surface area contributed by atoms with E-state index in [-0.39, 0.29) is 30.6 Å². The maximum atomic E-state index is 13.3. The Balaban J connectivity index is 1.50. The number of ketones is 1. The molecule has 1 atom stereocenters. The number of benzene rings is 1. The van der Waals surface area contributed by atoms with E-state index in [2.05, 4.69) is 10.5 Å². The number of aromatic nitrogens is 2. The van der Waals surface area contributed by atoms with Crippen LogP contribution in [0.1, 0.15) is 41.8 Å². The van der Waals surface area contributed by atoms with Gasteiger partial charge in [0.1, 0.15) is 0 Å². The second kappa shape index (κ2) is 9.60. The molecule has 0 saturated carbocycles. The highest BCUT2D eigenvalue weighted by molar-refractivity contribution is 7.07. The Morgan fingerprint density at radius 2 is 1.94 bits per heavy atom. The fraction of sp³-hybridized carbons (Fsp3) is 0.400. The molecule has 0 radical (unpaired) electrons. The highest BCUT2D eigenvalue weighted by Crippen LogP contribution is 2.25. The van der Waals surface area contributed by atoms with Crippen LogP contribution in [0.5, 0.6) is 0 Å². The second-order valence-electron chi connectivity index (χ2n) is 8.38. The van der Waals surface area contributed by atoms with Crippen LogP contribution >= 0.6 is 11.3 Å². The average molecular weight is 436 g/mol. The molecule has 0 bridgehead atoms. The predicted molar refractivity (Wildman–Crippen MR) is 125 cm³/mol. The SMILES string of the molecule is Cc1nn(CC(=O)C[C@@H](Cc2ccsc2)C(=O)N(C)c2ccccc2)c2c1CCCC2. The summed E-state index contributed by atoms with van der Waals surface area (Å²) < 4.78 is 1.89. The Hall–Kier alpha value is -2.73. The van der Waals surface area contributed by atoms with E-state index >= 15 is 0 Å². The number of hydrogen-bond acceptors (Lipinski definition) is 4. The van der Waals surface area contributed by atoms with Gasteiger partial charge in [0.15, 0.2) is 5.78 Å². The highest BCUT2D eigenvalue weighted by Gasteiger charge is 2.27. The lowest BCUT2D eigenvalue weighted by molar-refractivity contribution is -0.127. The Kier molecular flexibility index (Phi) is 6.66. The minimum absolute atomic E-state index is 0.0237. The molecular weight excluding hydrogens is 406 g/mol. The van der Waals surface area contributed by atoms with Gasteiger partial charge in [-0.25, -0.2) is 0 Å². The lowest BCUT2D eigenvalue weighted by Gasteiger charge is -2.24. The van der Waals surface area contributed by atoms with E-state index in [1.807, 2.05) is 53.4 Å². The Labute approximate surface area is 187 Å². The molecule has 31 heavy (non-hydrogen) atoms. The molecule has 0 spiro atoms. The van der Waals surface area contributed by atoms with Crippen LogP contribution in [0, 0.1) is 12.8 Å². The molecule has 0 aliphatic heterocycles. The molecule has 1 aliphatic carbocycles. The number of para-hydroxylation sites is 1. The lowest BCUT2D eigenvalue weighted by Crippen LogP contribution is -2.35. The second-order valence-corrected chi connectivity index (χ2v) is 9.16. The summed E-state index contributed by atoms with van der Waals surface area (Å²) in [5, 5.41) is 8.71. The van der Waals surface area contributed by atoms with Crippen LogP contribution in [-0.2, 0) is 35.4 Å². The van der Waals surface area contributed by atoms with Gasteiger partial charge in [-0.05, 0) is 79.1 Å². The molecule has 1 aromatic carbocycles. The van der Waals surface area contributed by atoms with Gasteiger partial charge in [-0.2, -0.15) is 16.4 Å². The largest absolute Gasteiger partial charge is 0.315 e. The smallest absolute Gasteiger partial charge is 0.230 e. The number of aryl methyl sites for hydroxylation is 1. The molecule has 3 aromatic rings. The summed E-state index contributed by atoms with van der Waals surface area (Å²) in [5.74, 6) is -0.352. The van der Waals surface area contributed by atoms with E-state index in [9.17, 15) is 9.59 Å². The number of fused-ring (bicyclic) bond motifs is 1. The summed E-state index contributed by atoms with van der Waals surface area (Å²) >= 11 is 1.61. The number of anilines is 1. The molecule has 2 aromatic heterocycles. The average Bonchev–Trinajstić information content (AvgIpc) is 3.41. The Morgan fingerprint density at radius 3 is 2.68 bits per heavy atom. The van der Waals surface area contributed by atoms with Gasteiger partial charge < -0.3 is 4.90 Å². The molecule has 0 fully saturated rings. The molecule has 2 heterocycles. The molecule has 1 aliphatic rings. The first kappa shape index (κ1) is 21.5. The van der Waals surface area contributed by atoms with Gasteiger partial charge in [-0.1, -0.05) is 18.2 Å². The molecule has 0 unspecified atom stereocenters. The van der Waals surface area contributed by atoms with Crippen molar-refractivity contribution in [2.75, 3.05) is 11.9 Å². The van der Waals surface area contributed by atoms with Crippen LogP contribution in [0.2, 0.25) is 0 Å². The molecule has 6 heteroatoms. The van der Waals surface area contributed by atoms with Crippen molar-refractivity contribution in [3.8, 4) is 0 Å². The van der Waals surface area contributed by atoms with Crippen molar-refractivity contribution in [3.63, 3.8) is 0 Å². The van der Waals surface area contributed by atoms with Gasteiger partial charge in [0.25, 0.3) is 0 Å². The zero-order valence-corrected chi connectivity index (χ0v) is 19.0. The highest BCUT2D eigenvalue weighted by atomic mass is 32.1. The lowest BCUT2D eigenvalue weighted by atomic mass is 9.93. The van der Waals surface area contributed by atoms with E-state index in [0.29, 0.717) is 6.42 Å². The van der Waals surface area contributed by atoms with Crippen LogP contribution in [0.3, 0.4) is 0 Å². The van der Waals surface area contributed by atoms with Crippen LogP contribution in [0.15, 0.2) is 47.2 Å². The third kappa shape index (κ3) is 4.96. The minimum atomic E-state index is -0.389. The molecule has 0 N–H and O–H groups in total. The fourth-order valence-electron chi connectivity index (χ4n) is 4.50. The van der Waals surface area contributed by atoms with Crippen molar-refractivity contribution in [3.05, 3.63) is 69.7 Å². The molecule has 0 saturated heterocycles. The topological polar surface area (TPSA) is 55.2 Å². The third-order valence-corrected chi connectivity index (χ3v) is 6.88. The molecule has 1 amide bonds. The first-order valence-corrected chi connectivity index (χ1v) is 11.9. The van der Waals surface area contributed by atoms with E-state index < -0.39 is 0 Å². The fourth-order valence-corrected chi connectivity index (χ4v) is 5.18. The summed E-state index contributed by atoms with van der Waals surface area (Å²) in [6, 6.07) is 11.6. The maximum absolute atomic E-state index is 13.3. The summed E-state index contributed by atoms with van der Waals surface area (Å²) in [4.78, 5) is 28.1. The van der Waals surface area contributed by atoms with Crippen molar-refractivity contribution >= 4 is 28.7 Å². The molecule has 4 rings (SSSR count). The van der Waals surface area contributed by atoms with Gasteiger partial charge in [0, 0.05) is 30.8 Å². The summed E-state index contributed by atoms with van der Waals surface area (Å²) in [6.45, 7) is 2.28. The van der Waals surface area contributed by atoms with Crippen LogP contribution in [0.4, 0.5) is 5.69 Å². The number of rotatable bonds is 8. The zero-order valence-electron chi connectivity index (χ0n) is 18.2. The Morgan fingerprint density at radius 1 is 1.16 bits per heavy atom. The minimum Gasteiger partial charge on any atom is -0.315 e. The Bertz CT molecular complexity index is 1040. The quantitative estimate of drug-likeness (QED) is 0.519. The molecular formula is C25H29N3O2S. The number of hydrogen-bond donors (Lipinski definition) is 0. The van der Waals surface area contributed by atoms with Crippen molar-refractivity contribution in [2.45, 2.75) is 52.0 Å². The van der Waals surface area contributed by atoms with E-state index in [1.54, 1.807) is 23.3 Å². The first-order chi connectivity index (χ1) is 15.0. The van der Waals surface area contributed by atoms with E-state index in [4.69, 9.17) is 0 Å². The number of Topliss-reactive ketones (excluding diaryl/α,β-unsaturated/α-hetero) is 1. The van der Waals surface area contributed by atoms with Crippen molar-refractivity contribution in [1.29, 1.82) is 0 Å². The summed E-state index contributed by atoms with van der Waals surface area (Å²) in [7, 11) is 1.79. The monoisotopic (exact) mass is 435 g/mol. The summed E-state index contributed by atoms with van der Waals surface area (Å²) in [6.07, 6.45) is 5.17. The standard InChI is InChI=1S/C25H29N3O2S/c1-18-23-10-6-7-11-24(23)28(26-18)16-22(29)15-20(14-19-12-13-31-17-19)25(30)27(2)21-8-4-3-5-9-21/h3-5,8-9,12-13,17,20H,6-7,10-11,14-16H2,1-2H3/t20-/m1/s1. The van der Waals surface area contributed by atoms with Crippen LogP contribution < -0.4 is 4.90 Å². The third-order valence-electron chi connectivity index (χ3n) is 6.14. The molecule has 162 valence electrons. The summed E-state index contributed by atoms with van der Waals surface area (Å²) in [5.41, 5.74) is 5.50. The predicted octanol–water partition coefficient (Wildman–Crippen LogP) is 4.61. The number of carbonyl (C=O) groups excluding carboxylic acids is 2. The van der Waals surface area contributed by atoms with E-state index in [1.165, 1.54) is 17.7 Å². The van der Waals surface area contributed by atoms with Gasteiger partial charge in [0.2, 0.25) is 5.91 Å². The normalized spacial score (nSPS) is 14.1. The van der Waals surface area contributed by atoms with Gasteiger partial charge in [-0.3, -0.25) is 14.3 Å². The number of nitrogens with zero attached hydrogens (tertiary/aromatic N) is 3. The number of thiophene rings is 1. The van der Waals surface area contributed by atoms with Gasteiger partial charge in [-0.15, -0.1) is 0 Å².